The summed E-state index contributed by atoms with van der Waals surface area (Å²) in [4.78, 5) is 12.5. The predicted molar refractivity (Wildman–Crippen MR) is 102 cm³/mol. The van der Waals surface area contributed by atoms with Gasteiger partial charge in [0.05, 0.1) is 11.0 Å². The fourth-order valence-electron chi connectivity index (χ4n) is 2.98. The number of benzene rings is 1. The second kappa shape index (κ2) is 10.0. The van der Waals surface area contributed by atoms with Crippen LogP contribution in [0.15, 0.2) is 29.2 Å². The third kappa shape index (κ3) is 6.37. The molecule has 0 bridgehead atoms. The minimum absolute atomic E-state index is 0.0620. The lowest BCUT2D eigenvalue weighted by Crippen LogP contribution is -2.33. The third-order valence-corrected chi connectivity index (χ3v) is 5.97. The number of unbranched alkanes of at least 4 members (excludes halogenated alkanes) is 2. The normalized spacial score (nSPS) is 18.6. The Kier molecular flexibility index (Phi) is 8.06. The summed E-state index contributed by atoms with van der Waals surface area (Å²) in [5.41, 5.74) is 0.354. The Morgan fingerprint density at radius 3 is 2.85 bits per heavy atom. The van der Waals surface area contributed by atoms with E-state index < -0.39 is 10.0 Å². The molecule has 146 valence electrons. The van der Waals surface area contributed by atoms with Crippen LogP contribution in [0.5, 0.6) is 0 Å². The highest BCUT2D eigenvalue weighted by Crippen LogP contribution is 2.15. The zero-order chi connectivity index (χ0) is 19.0. The van der Waals surface area contributed by atoms with Gasteiger partial charge in [-0.1, -0.05) is 32.3 Å². The van der Waals surface area contributed by atoms with E-state index in [1.165, 1.54) is 12.1 Å². The molecular formula is C19H30N2O4S. The van der Waals surface area contributed by atoms with Crippen LogP contribution in [-0.4, -0.2) is 39.6 Å². The Bertz CT molecular complexity index is 685. The number of carbonyl (C=O) groups is 1. The summed E-state index contributed by atoms with van der Waals surface area (Å²) in [6.07, 6.45) is 6.02. The molecule has 0 saturated carbocycles. The van der Waals surface area contributed by atoms with Crippen LogP contribution in [0, 0.1) is 0 Å². The quantitative estimate of drug-likeness (QED) is 0.610. The first-order chi connectivity index (χ1) is 12.4. The molecule has 2 rings (SSSR count). The second-order valence-electron chi connectivity index (χ2n) is 6.89. The first-order valence-electron chi connectivity index (χ1n) is 9.44. The lowest BCUT2D eigenvalue weighted by Gasteiger charge is -2.15. The van der Waals surface area contributed by atoms with Crippen LogP contribution < -0.4 is 10.0 Å². The van der Waals surface area contributed by atoms with Crippen molar-refractivity contribution in [2.45, 2.75) is 69.4 Å². The van der Waals surface area contributed by atoms with Crippen molar-refractivity contribution in [3.63, 3.8) is 0 Å². The molecule has 0 radical (unpaired) electrons. The molecule has 1 fully saturated rings. The zero-order valence-electron chi connectivity index (χ0n) is 15.7. The van der Waals surface area contributed by atoms with Crippen molar-refractivity contribution in [3.8, 4) is 0 Å². The van der Waals surface area contributed by atoms with Gasteiger partial charge in [0.15, 0.2) is 0 Å². The van der Waals surface area contributed by atoms with Gasteiger partial charge in [-0.3, -0.25) is 4.79 Å². The van der Waals surface area contributed by atoms with Crippen molar-refractivity contribution in [3.05, 3.63) is 29.8 Å². The van der Waals surface area contributed by atoms with Gasteiger partial charge < -0.3 is 10.1 Å². The zero-order valence-corrected chi connectivity index (χ0v) is 16.5. The molecular weight excluding hydrogens is 352 g/mol. The highest BCUT2D eigenvalue weighted by molar-refractivity contribution is 7.89. The molecule has 0 unspecified atom stereocenters. The van der Waals surface area contributed by atoms with E-state index in [2.05, 4.69) is 17.0 Å². The lowest BCUT2D eigenvalue weighted by atomic mass is 10.1. The first kappa shape index (κ1) is 20.9. The molecule has 2 atom stereocenters. The highest BCUT2D eigenvalue weighted by Gasteiger charge is 2.21. The van der Waals surface area contributed by atoms with E-state index in [1.54, 1.807) is 12.1 Å². The summed E-state index contributed by atoms with van der Waals surface area (Å²) in [5.74, 6) is -0.245. The Morgan fingerprint density at radius 1 is 1.35 bits per heavy atom. The molecule has 26 heavy (non-hydrogen) atoms. The Hall–Kier alpha value is -1.44. The summed E-state index contributed by atoms with van der Waals surface area (Å²) < 4.78 is 32.9. The lowest BCUT2D eigenvalue weighted by molar-refractivity contribution is 0.0937. The molecule has 1 aliphatic heterocycles. The van der Waals surface area contributed by atoms with Crippen molar-refractivity contribution in [2.75, 3.05) is 13.2 Å². The standard InChI is InChI=1S/C19H30N2O4S/c1-3-4-5-8-15(2)21-19(22)16-9-6-11-18(13-16)26(23,24)20-14-17-10-7-12-25-17/h6,9,11,13,15,17,20H,3-5,7-8,10,12,14H2,1-2H3,(H,21,22)/t15-,17-/m1/s1. The maximum atomic E-state index is 12.5. The molecule has 0 spiro atoms. The first-order valence-corrected chi connectivity index (χ1v) is 10.9. The molecule has 2 N–H and O–H groups in total. The average molecular weight is 383 g/mol. The molecule has 1 heterocycles. The number of hydrogen-bond acceptors (Lipinski definition) is 4. The number of hydrogen-bond donors (Lipinski definition) is 2. The predicted octanol–water partition coefficient (Wildman–Crippen LogP) is 2.84. The van der Waals surface area contributed by atoms with Crippen LogP contribution in [-0.2, 0) is 14.8 Å². The molecule has 1 saturated heterocycles. The van der Waals surface area contributed by atoms with E-state index in [-0.39, 0.29) is 29.5 Å². The SMILES string of the molecule is CCCCC[C@@H](C)NC(=O)c1cccc(S(=O)(=O)NC[C@H]2CCCO2)c1. The highest BCUT2D eigenvalue weighted by atomic mass is 32.2. The maximum Gasteiger partial charge on any atom is 0.251 e. The molecule has 1 aromatic rings. The van der Waals surface area contributed by atoms with Gasteiger partial charge in [0.2, 0.25) is 10.0 Å². The van der Waals surface area contributed by atoms with Crippen molar-refractivity contribution < 1.29 is 17.9 Å². The summed E-state index contributed by atoms with van der Waals surface area (Å²) >= 11 is 0. The fourth-order valence-corrected chi connectivity index (χ4v) is 4.09. The molecule has 1 aromatic carbocycles. The van der Waals surface area contributed by atoms with E-state index in [1.807, 2.05) is 6.92 Å². The Morgan fingerprint density at radius 2 is 2.15 bits per heavy atom. The van der Waals surface area contributed by atoms with Gasteiger partial charge in [-0.15, -0.1) is 0 Å². The number of carbonyl (C=O) groups excluding carboxylic acids is 1. The van der Waals surface area contributed by atoms with Gasteiger partial charge in [0.25, 0.3) is 5.91 Å². The van der Waals surface area contributed by atoms with E-state index in [9.17, 15) is 13.2 Å². The van der Waals surface area contributed by atoms with E-state index in [0.29, 0.717) is 12.2 Å². The van der Waals surface area contributed by atoms with Crippen LogP contribution in [0.3, 0.4) is 0 Å². The fraction of sp³-hybridized carbons (Fsp3) is 0.632. The van der Waals surface area contributed by atoms with E-state index in [0.717, 1.165) is 38.5 Å². The molecule has 0 aromatic heterocycles. The molecule has 0 aliphatic carbocycles. The van der Waals surface area contributed by atoms with Gasteiger partial charge in [-0.25, -0.2) is 13.1 Å². The second-order valence-corrected chi connectivity index (χ2v) is 8.65. The van der Waals surface area contributed by atoms with Gasteiger partial charge in [-0.2, -0.15) is 0 Å². The molecule has 1 amide bonds. The summed E-state index contributed by atoms with van der Waals surface area (Å²) in [7, 11) is -3.66. The van der Waals surface area contributed by atoms with E-state index in [4.69, 9.17) is 4.74 Å². The minimum Gasteiger partial charge on any atom is -0.377 e. The van der Waals surface area contributed by atoms with Crippen molar-refractivity contribution in [1.29, 1.82) is 0 Å². The van der Waals surface area contributed by atoms with Crippen LogP contribution in [0.4, 0.5) is 0 Å². The van der Waals surface area contributed by atoms with Gasteiger partial charge in [-0.05, 0) is 44.4 Å². The molecule has 7 heteroatoms. The topological polar surface area (TPSA) is 84.5 Å². The van der Waals surface area contributed by atoms with Crippen LogP contribution in [0.2, 0.25) is 0 Å². The summed E-state index contributed by atoms with van der Waals surface area (Å²) in [6, 6.07) is 6.21. The molecule has 1 aliphatic rings. The van der Waals surface area contributed by atoms with E-state index >= 15 is 0 Å². The number of ether oxygens (including phenoxy) is 1. The van der Waals surface area contributed by atoms with Gasteiger partial charge in [0, 0.05) is 24.8 Å². The number of amides is 1. The Balaban J connectivity index is 1.95. The number of sulfonamides is 1. The summed E-state index contributed by atoms with van der Waals surface area (Å²) in [5, 5.41) is 2.94. The third-order valence-electron chi connectivity index (χ3n) is 4.55. The van der Waals surface area contributed by atoms with Crippen molar-refractivity contribution in [1.82, 2.24) is 10.0 Å². The average Bonchev–Trinajstić information content (AvgIpc) is 3.14. The minimum atomic E-state index is -3.66. The van der Waals surface area contributed by atoms with Gasteiger partial charge in [0.1, 0.15) is 0 Å². The number of rotatable bonds is 10. The van der Waals surface area contributed by atoms with Crippen molar-refractivity contribution >= 4 is 15.9 Å². The monoisotopic (exact) mass is 382 g/mol. The van der Waals surface area contributed by atoms with Crippen LogP contribution >= 0.6 is 0 Å². The van der Waals surface area contributed by atoms with Gasteiger partial charge >= 0.3 is 0 Å². The van der Waals surface area contributed by atoms with Crippen molar-refractivity contribution in [2.24, 2.45) is 0 Å². The number of nitrogens with one attached hydrogen (secondary N) is 2. The maximum absolute atomic E-state index is 12.5. The molecule has 6 nitrogen and oxygen atoms in total. The van der Waals surface area contributed by atoms with Crippen LogP contribution in [0.25, 0.3) is 0 Å². The Labute approximate surface area is 156 Å². The smallest absolute Gasteiger partial charge is 0.251 e. The largest absolute Gasteiger partial charge is 0.377 e. The summed E-state index contributed by atoms with van der Waals surface area (Å²) in [6.45, 7) is 5.05. The van der Waals surface area contributed by atoms with Crippen LogP contribution in [0.1, 0.15) is 62.7 Å².